The van der Waals surface area contributed by atoms with Crippen LogP contribution in [0.15, 0.2) is 24.3 Å². The molecule has 0 aliphatic carbocycles. The minimum atomic E-state index is -0.635. The van der Waals surface area contributed by atoms with Gasteiger partial charge in [-0.25, -0.2) is 4.39 Å². The van der Waals surface area contributed by atoms with Gasteiger partial charge in [-0.2, -0.15) is 0 Å². The van der Waals surface area contributed by atoms with E-state index < -0.39 is 6.10 Å². The number of piperazine rings is 1. The Bertz CT molecular complexity index is 485. The molecule has 0 saturated carbocycles. The Morgan fingerprint density at radius 3 is 2.36 bits per heavy atom. The van der Waals surface area contributed by atoms with E-state index in [1.165, 1.54) is 12.1 Å². The van der Waals surface area contributed by atoms with E-state index >= 15 is 0 Å². The van der Waals surface area contributed by atoms with Gasteiger partial charge in [0.05, 0.1) is 12.6 Å². The largest absolute Gasteiger partial charge is 0.387 e. The lowest BCUT2D eigenvalue weighted by atomic mass is 10.1. The van der Waals surface area contributed by atoms with Crippen molar-refractivity contribution in [2.75, 3.05) is 53.4 Å². The maximum atomic E-state index is 12.9. The summed E-state index contributed by atoms with van der Waals surface area (Å²) >= 11 is 0. The maximum absolute atomic E-state index is 12.9. The van der Waals surface area contributed by atoms with Crippen molar-refractivity contribution in [1.29, 1.82) is 0 Å². The lowest BCUT2D eigenvalue weighted by Gasteiger charge is -2.36. The topological polar surface area (TPSA) is 47.0 Å². The summed E-state index contributed by atoms with van der Waals surface area (Å²) < 4.78 is 12.9. The summed E-state index contributed by atoms with van der Waals surface area (Å²) in [6, 6.07) is 5.93. The zero-order valence-corrected chi connectivity index (χ0v) is 13.2. The number of benzene rings is 1. The molecule has 1 aromatic carbocycles. The van der Waals surface area contributed by atoms with Crippen molar-refractivity contribution >= 4 is 5.91 Å². The van der Waals surface area contributed by atoms with Gasteiger partial charge in [-0.3, -0.25) is 9.69 Å². The number of hydrogen-bond acceptors (Lipinski definition) is 4. The second-order valence-electron chi connectivity index (χ2n) is 5.99. The number of hydrogen-bond donors (Lipinski definition) is 1. The van der Waals surface area contributed by atoms with Gasteiger partial charge in [-0.05, 0) is 31.8 Å². The molecular formula is C16H24FN3O2. The molecule has 2 rings (SSSR count). The monoisotopic (exact) mass is 309 g/mol. The number of aliphatic hydroxyl groups is 1. The first-order valence-electron chi connectivity index (χ1n) is 7.54. The van der Waals surface area contributed by atoms with Gasteiger partial charge < -0.3 is 14.9 Å². The first-order chi connectivity index (χ1) is 10.5. The van der Waals surface area contributed by atoms with Crippen LogP contribution in [0.2, 0.25) is 0 Å². The predicted octanol–water partition coefficient (Wildman–Crippen LogP) is 0.565. The van der Waals surface area contributed by atoms with E-state index in [0.29, 0.717) is 31.7 Å². The highest BCUT2D eigenvalue weighted by atomic mass is 19.1. The van der Waals surface area contributed by atoms with Crippen LogP contribution in [-0.4, -0.2) is 79.1 Å². The molecule has 0 unspecified atom stereocenters. The fourth-order valence-corrected chi connectivity index (χ4v) is 2.59. The molecule has 1 aromatic rings. The number of amides is 1. The van der Waals surface area contributed by atoms with E-state index in [1.54, 1.807) is 12.1 Å². The Balaban J connectivity index is 1.79. The number of carbonyl (C=O) groups is 1. The molecule has 122 valence electrons. The van der Waals surface area contributed by atoms with Gasteiger partial charge in [0, 0.05) is 32.7 Å². The van der Waals surface area contributed by atoms with E-state index in [4.69, 9.17) is 0 Å². The molecule has 0 spiro atoms. The van der Waals surface area contributed by atoms with Crippen LogP contribution in [0.1, 0.15) is 11.7 Å². The lowest BCUT2D eigenvalue weighted by molar-refractivity contribution is -0.133. The highest BCUT2D eigenvalue weighted by Crippen LogP contribution is 2.16. The third kappa shape index (κ3) is 4.76. The third-order valence-corrected chi connectivity index (χ3v) is 3.86. The summed E-state index contributed by atoms with van der Waals surface area (Å²) in [5, 5.41) is 10.2. The van der Waals surface area contributed by atoms with Gasteiger partial charge in [-0.15, -0.1) is 0 Å². The second-order valence-corrected chi connectivity index (χ2v) is 5.99. The minimum Gasteiger partial charge on any atom is -0.387 e. The summed E-state index contributed by atoms with van der Waals surface area (Å²) in [6.07, 6.45) is -0.635. The molecule has 0 bridgehead atoms. The zero-order chi connectivity index (χ0) is 16.1. The van der Waals surface area contributed by atoms with E-state index in [-0.39, 0.29) is 11.7 Å². The number of β-amino-alcohol motifs (C(OH)–C–C–N with tert-alkyl or cyclic N) is 1. The quantitative estimate of drug-likeness (QED) is 0.864. The van der Waals surface area contributed by atoms with Crippen molar-refractivity contribution in [2.45, 2.75) is 6.10 Å². The highest BCUT2D eigenvalue weighted by Gasteiger charge is 2.23. The lowest BCUT2D eigenvalue weighted by Crippen LogP contribution is -2.51. The molecular weight excluding hydrogens is 285 g/mol. The van der Waals surface area contributed by atoms with Gasteiger partial charge in [0.2, 0.25) is 5.91 Å². The number of rotatable bonds is 5. The van der Waals surface area contributed by atoms with Crippen molar-refractivity contribution in [1.82, 2.24) is 14.7 Å². The van der Waals surface area contributed by atoms with Crippen LogP contribution >= 0.6 is 0 Å². The molecule has 1 N–H and O–H groups in total. The summed E-state index contributed by atoms with van der Waals surface area (Å²) in [7, 11) is 3.76. The Morgan fingerprint density at radius 1 is 1.23 bits per heavy atom. The molecule has 1 saturated heterocycles. The van der Waals surface area contributed by atoms with E-state index in [1.807, 2.05) is 23.9 Å². The van der Waals surface area contributed by atoms with Crippen LogP contribution in [0.4, 0.5) is 4.39 Å². The number of carbonyl (C=O) groups excluding carboxylic acids is 1. The third-order valence-electron chi connectivity index (χ3n) is 3.86. The normalized spacial score (nSPS) is 17.8. The van der Waals surface area contributed by atoms with Crippen LogP contribution in [0.3, 0.4) is 0 Å². The standard InChI is InChI=1S/C16H24FN3O2/c1-18(2)12-16(22)20-9-7-19(8-10-20)11-15(21)13-3-5-14(17)6-4-13/h3-6,15,21H,7-12H2,1-2H3/t15-/m1/s1. The van der Waals surface area contributed by atoms with Gasteiger partial charge in [0.25, 0.3) is 0 Å². The van der Waals surface area contributed by atoms with Gasteiger partial charge >= 0.3 is 0 Å². The molecule has 1 aliphatic rings. The average molecular weight is 309 g/mol. The smallest absolute Gasteiger partial charge is 0.236 e. The zero-order valence-electron chi connectivity index (χ0n) is 13.2. The van der Waals surface area contributed by atoms with Crippen LogP contribution < -0.4 is 0 Å². The summed E-state index contributed by atoms with van der Waals surface area (Å²) in [5.74, 6) is -0.160. The molecule has 1 heterocycles. The van der Waals surface area contributed by atoms with Crippen molar-refractivity contribution in [3.05, 3.63) is 35.6 Å². The SMILES string of the molecule is CN(C)CC(=O)N1CCN(C[C@@H](O)c2ccc(F)cc2)CC1. The number of aliphatic hydroxyl groups excluding tert-OH is 1. The summed E-state index contributed by atoms with van der Waals surface area (Å²) in [5.41, 5.74) is 0.715. The van der Waals surface area contributed by atoms with Gasteiger partial charge in [-0.1, -0.05) is 12.1 Å². The Labute approximate surface area is 130 Å². The van der Waals surface area contributed by atoms with Crippen LogP contribution in [0.25, 0.3) is 0 Å². The molecule has 22 heavy (non-hydrogen) atoms. The molecule has 5 nitrogen and oxygen atoms in total. The van der Waals surface area contributed by atoms with Gasteiger partial charge in [0.1, 0.15) is 5.82 Å². The maximum Gasteiger partial charge on any atom is 0.236 e. The van der Waals surface area contributed by atoms with Crippen molar-refractivity contribution < 1.29 is 14.3 Å². The van der Waals surface area contributed by atoms with Crippen LogP contribution in [-0.2, 0) is 4.79 Å². The number of nitrogens with zero attached hydrogens (tertiary/aromatic N) is 3. The Hall–Kier alpha value is -1.50. The first kappa shape index (κ1) is 16.9. The fraction of sp³-hybridized carbons (Fsp3) is 0.562. The van der Waals surface area contributed by atoms with E-state index in [2.05, 4.69) is 4.90 Å². The molecule has 1 amide bonds. The summed E-state index contributed by atoms with van der Waals surface area (Å²) in [6.45, 7) is 3.79. The molecule has 1 fully saturated rings. The molecule has 0 radical (unpaired) electrons. The number of halogens is 1. The van der Waals surface area contributed by atoms with Crippen LogP contribution in [0.5, 0.6) is 0 Å². The van der Waals surface area contributed by atoms with Crippen molar-refractivity contribution in [2.24, 2.45) is 0 Å². The second kappa shape index (κ2) is 7.67. The van der Waals surface area contributed by atoms with E-state index in [0.717, 1.165) is 13.1 Å². The highest BCUT2D eigenvalue weighted by molar-refractivity contribution is 5.78. The predicted molar refractivity (Wildman–Crippen MR) is 82.9 cm³/mol. The van der Waals surface area contributed by atoms with E-state index in [9.17, 15) is 14.3 Å². The fourth-order valence-electron chi connectivity index (χ4n) is 2.59. The molecule has 0 aromatic heterocycles. The Kier molecular flexibility index (Phi) is 5.88. The first-order valence-corrected chi connectivity index (χ1v) is 7.54. The molecule has 1 atom stereocenters. The minimum absolute atomic E-state index is 0.142. The molecule has 6 heteroatoms. The Morgan fingerprint density at radius 2 is 1.82 bits per heavy atom. The number of likely N-dealkylation sites (N-methyl/N-ethyl adjacent to an activating group) is 1. The van der Waals surface area contributed by atoms with Crippen molar-refractivity contribution in [3.63, 3.8) is 0 Å². The van der Waals surface area contributed by atoms with Crippen LogP contribution in [0, 0.1) is 5.82 Å². The molecule has 1 aliphatic heterocycles. The van der Waals surface area contributed by atoms with Crippen molar-refractivity contribution in [3.8, 4) is 0 Å². The van der Waals surface area contributed by atoms with Gasteiger partial charge in [0.15, 0.2) is 0 Å². The summed E-state index contributed by atoms with van der Waals surface area (Å²) in [4.78, 5) is 17.8. The average Bonchev–Trinajstić information content (AvgIpc) is 2.48.